The van der Waals surface area contributed by atoms with Crippen molar-refractivity contribution in [2.75, 3.05) is 0 Å². The van der Waals surface area contributed by atoms with Crippen LogP contribution in [0.2, 0.25) is 0 Å². The minimum Gasteiger partial charge on any atom is -0.456 e. The standard InChI is InChI=1S/C45H27N3OS/c1-3-10-28(11-4-1)30-18-20-31(21-19-30)43-46-44(33-23-24-35-34-14-7-8-17-39(34)49-40(35)26-33)48-45(47-43)38-16-9-15-37-36-25-22-32(27-41(36)50-42(37)38)29-12-5-2-6-13-29/h1-27H/i2D,5D,6D,9D,12D,13D,15D,16D,22D,25D,27D. The van der Waals surface area contributed by atoms with E-state index in [-0.39, 0.29) is 54.8 Å². The van der Waals surface area contributed by atoms with Gasteiger partial charge in [-0.2, -0.15) is 0 Å². The highest BCUT2D eigenvalue weighted by atomic mass is 32.1. The van der Waals surface area contributed by atoms with Crippen LogP contribution in [0.4, 0.5) is 0 Å². The SMILES string of the molecule is [2H]c1c([2H])c([2H])c(-c2c([2H])c([2H])c3c(sc4c(-c5nc(-c6ccc(-c7ccccc7)cc6)nc(-c6ccc7c(c6)oc6ccccc67)n5)c([2H])c([2H])c([2H])c43)c2[2H])c([2H])c1[2H]. The van der Waals surface area contributed by atoms with Crippen molar-refractivity contribution in [3.8, 4) is 56.4 Å². The monoisotopic (exact) mass is 668 g/mol. The van der Waals surface area contributed by atoms with E-state index >= 15 is 0 Å². The Kier molecular flexibility index (Phi) is 4.54. The zero-order valence-corrected chi connectivity index (χ0v) is 26.7. The van der Waals surface area contributed by atoms with Crippen molar-refractivity contribution in [2.45, 2.75) is 0 Å². The van der Waals surface area contributed by atoms with Crippen molar-refractivity contribution >= 4 is 53.4 Å². The largest absolute Gasteiger partial charge is 0.456 e. The van der Waals surface area contributed by atoms with E-state index in [0.717, 1.165) is 33.2 Å². The average molecular weight is 669 g/mol. The van der Waals surface area contributed by atoms with Gasteiger partial charge in [-0.1, -0.05) is 133 Å². The third-order valence-electron chi connectivity index (χ3n) is 8.56. The molecule has 0 radical (unpaired) electrons. The second kappa shape index (κ2) is 11.6. The molecule has 4 nitrogen and oxygen atoms in total. The fourth-order valence-corrected chi connectivity index (χ4v) is 7.24. The minimum atomic E-state index is -0.651. The molecule has 50 heavy (non-hydrogen) atoms. The molecule has 0 amide bonds. The van der Waals surface area contributed by atoms with Gasteiger partial charge in [0.2, 0.25) is 0 Å². The summed E-state index contributed by atoms with van der Waals surface area (Å²) in [6, 6.07) is 24.9. The molecule has 234 valence electrons. The predicted molar refractivity (Wildman–Crippen MR) is 207 cm³/mol. The van der Waals surface area contributed by atoms with Gasteiger partial charge in [-0.05, 0) is 52.5 Å². The molecule has 0 unspecified atom stereocenters. The van der Waals surface area contributed by atoms with Gasteiger partial charge in [0.25, 0.3) is 0 Å². The summed E-state index contributed by atoms with van der Waals surface area (Å²) in [5.74, 6) is 0.463. The molecule has 0 fully saturated rings. The highest BCUT2D eigenvalue weighted by Gasteiger charge is 2.18. The molecule has 3 heterocycles. The Balaban J connectivity index is 1.25. The van der Waals surface area contributed by atoms with E-state index in [0.29, 0.717) is 22.3 Å². The Hall–Kier alpha value is -6.43. The summed E-state index contributed by atoms with van der Waals surface area (Å²) in [5, 5.41) is 1.86. The van der Waals surface area contributed by atoms with Gasteiger partial charge in [-0.25, -0.2) is 15.0 Å². The molecule has 0 bridgehead atoms. The van der Waals surface area contributed by atoms with E-state index in [1.54, 1.807) is 0 Å². The third kappa shape index (κ3) is 4.87. The Bertz CT molecular complexity index is 3470. The van der Waals surface area contributed by atoms with Crippen molar-refractivity contribution in [3.63, 3.8) is 0 Å². The average Bonchev–Trinajstić information content (AvgIpc) is 3.87. The Morgan fingerprint density at radius 1 is 0.460 bits per heavy atom. The van der Waals surface area contributed by atoms with E-state index in [2.05, 4.69) is 0 Å². The van der Waals surface area contributed by atoms with Crippen molar-refractivity contribution in [1.29, 1.82) is 0 Å². The quantitative estimate of drug-likeness (QED) is 0.183. The van der Waals surface area contributed by atoms with E-state index in [1.165, 1.54) is 0 Å². The summed E-state index contributed by atoms with van der Waals surface area (Å²) >= 11 is 0.926. The number of hydrogen-bond acceptors (Lipinski definition) is 5. The van der Waals surface area contributed by atoms with E-state index in [1.807, 2.05) is 97.1 Å². The highest BCUT2D eigenvalue weighted by Crippen LogP contribution is 2.41. The molecule has 7 aromatic carbocycles. The van der Waals surface area contributed by atoms with Gasteiger partial charge in [-0.15, -0.1) is 11.3 Å². The number of rotatable bonds is 5. The molecule has 3 aromatic heterocycles. The highest BCUT2D eigenvalue weighted by molar-refractivity contribution is 7.26. The Morgan fingerprint density at radius 3 is 2.02 bits per heavy atom. The summed E-state index contributed by atoms with van der Waals surface area (Å²) in [5.41, 5.74) is 3.80. The molecule has 0 aliphatic rings. The van der Waals surface area contributed by atoms with Crippen LogP contribution >= 0.6 is 11.3 Å². The van der Waals surface area contributed by atoms with Gasteiger partial charge in [0.05, 0.1) is 15.1 Å². The van der Waals surface area contributed by atoms with E-state index < -0.39 is 66.0 Å². The predicted octanol–water partition coefficient (Wildman–Crippen LogP) is 12.5. The van der Waals surface area contributed by atoms with E-state index in [4.69, 9.17) is 30.3 Å². The lowest BCUT2D eigenvalue weighted by Crippen LogP contribution is -2.00. The molecular formula is C45H27N3OS. The zero-order valence-electron chi connectivity index (χ0n) is 36.9. The van der Waals surface area contributed by atoms with Crippen LogP contribution in [-0.2, 0) is 0 Å². The normalized spacial score (nSPS) is 14.7. The first kappa shape index (κ1) is 19.5. The zero-order chi connectivity index (χ0) is 42.6. The number of benzene rings is 7. The smallest absolute Gasteiger partial charge is 0.165 e. The topological polar surface area (TPSA) is 51.8 Å². The summed E-state index contributed by atoms with van der Waals surface area (Å²) in [7, 11) is 0. The summed E-state index contributed by atoms with van der Waals surface area (Å²) in [6.45, 7) is 0. The first-order valence-corrected chi connectivity index (χ1v) is 16.5. The molecule has 10 aromatic rings. The summed E-state index contributed by atoms with van der Waals surface area (Å²) < 4.78 is 103. The molecule has 0 N–H and O–H groups in total. The van der Waals surface area contributed by atoms with Gasteiger partial charge in [0, 0.05) is 47.6 Å². The summed E-state index contributed by atoms with van der Waals surface area (Å²) in [4.78, 5) is 14.7. The number of fused-ring (bicyclic) bond motifs is 6. The lowest BCUT2D eigenvalue weighted by Gasteiger charge is -2.10. The van der Waals surface area contributed by atoms with Crippen LogP contribution in [0.1, 0.15) is 15.1 Å². The molecule has 0 saturated heterocycles. The number of nitrogens with zero attached hydrogens (tertiary/aromatic N) is 3. The van der Waals surface area contributed by atoms with Gasteiger partial charge in [0.15, 0.2) is 17.5 Å². The summed E-state index contributed by atoms with van der Waals surface area (Å²) in [6.07, 6.45) is 0. The van der Waals surface area contributed by atoms with Crippen LogP contribution in [0.3, 0.4) is 0 Å². The van der Waals surface area contributed by atoms with Crippen LogP contribution in [-0.4, -0.2) is 15.0 Å². The maximum Gasteiger partial charge on any atom is 0.165 e. The first-order chi connectivity index (χ1) is 29.3. The molecule has 0 atom stereocenters. The Labute approximate surface area is 307 Å². The lowest BCUT2D eigenvalue weighted by molar-refractivity contribution is 0.669. The molecule has 0 aliphatic heterocycles. The number of hydrogen-bond donors (Lipinski definition) is 0. The lowest BCUT2D eigenvalue weighted by atomic mass is 10.0. The van der Waals surface area contributed by atoms with Crippen LogP contribution < -0.4 is 0 Å². The van der Waals surface area contributed by atoms with Crippen LogP contribution in [0.5, 0.6) is 0 Å². The second-order valence-corrected chi connectivity index (χ2v) is 12.6. The third-order valence-corrected chi connectivity index (χ3v) is 9.68. The van der Waals surface area contributed by atoms with Crippen LogP contribution in [0.15, 0.2) is 168 Å². The first-order valence-electron chi connectivity index (χ1n) is 21.2. The molecule has 0 saturated carbocycles. The van der Waals surface area contributed by atoms with Crippen LogP contribution in [0.25, 0.3) is 98.5 Å². The molecule has 0 spiro atoms. The van der Waals surface area contributed by atoms with Gasteiger partial charge >= 0.3 is 0 Å². The van der Waals surface area contributed by atoms with Crippen LogP contribution in [0, 0.1) is 0 Å². The van der Waals surface area contributed by atoms with E-state index in [9.17, 15) is 4.11 Å². The fourth-order valence-electron chi connectivity index (χ4n) is 6.13. The molecule has 10 rings (SSSR count). The number of para-hydroxylation sites is 1. The molecule has 5 heteroatoms. The van der Waals surface area contributed by atoms with Crippen molar-refractivity contribution < 1.29 is 19.5 Å². The van der Waals surface area contributed by atoms with Gasteiger partial charge < -0.3 is 4.42 Å². The van der Waals surface area contributed by atoms with Crippen molar-refractivity contribution in [2.24, 2.45) is 0 Å². The maximum absolute atomic E-state index is 9.33. The Morgan fingerprint density at radius 2 is 1.16 bits per heavy atom. The minimum absolute atomic E-state index is 0.00722. The van der Waals surface area contributed by atoms with Crippen molar-refractivity contribution in [3.05, 3.63) is 164 Å². The maximum atomic E-state index is 9.33. The van der Waals surface area contributed by atoms with Crippen molar-refractivity contribution in [1.82, 2.24) is 15.0 Å². The van der Waals surface area contributed by atoms with Gasteiger partial charge in [-0.3, -0.25) is 0 Å². The fraction of sp³-hybridized carbons (Fsp3) is 0. The number of aromatic nitrogens is 3. The number of thiophene rings is 1. The van der Waals surface area contributed by atoms with Gasteiger partial charge in [0.1, 0.15) is 11.2 Å². The molecule has 0 aliphatic carbocycles. The number of furan rings is 1. The molecular weight excluding hydrogens is 631 g/mol. The second-order valence-electron chi connectivity index (χ2n) is 11.6.